The first kappa shape index (κ1) is 11.2. The van der Waals surface area contributed by atoms with Crippen molar-refractivity contribution in [2.45, 2.75) is 32.1 Å². The molecule has 0 radical (unpaired) electrons. The van der Waals surface area contributed by atoms with Crippen LogP contribution in [0.25, 0.3) is 0 Å². The van der Waals surface area contributed by atoms with Crippen molar-refractivity contribution in [2.75, 3.05) is 6.61 Å². The maximum Gasteiger partial charge on any atom is 0.312 e. The first-order valence-electron chi connectivity index (χ1n) is 6.07. The number of carbonyl (C=O) groups is 1. The number of hydrogen-bond acceptors (Lipinski definition) is 2. The van der Waals surface area contributed by atoms with E-state index in [4.69, 9.17) is 4.74 Å². The molecule has 2 rings (SSSR count). The summed E-state index contributed by atoms with van der Waals surface area (Å²) < 4.78 is 4.73. The molecular formula is C14H18O2. The van der Waals surface area contributed by atoms with Crippen molar-refractivity contribution in [3.05, 3.63) is 35.9 Å². The quantitative estimate of drug-likeness (QED) is 0.542. The average Bonchev–Trinajstić information content (AvgIpc) is 2.33. The zero-order valence-corrected chi connectivity index (χ0v) is 9.52. The van der Waals surface area contributed by atoms with Crippen molar-refractivity contribution < 1.29 is 9.53 Å². The Balaban J connectivity index is 1.54. The molecule has 1 saturated heterocycles. The Kier molecular flexibility index (Phi) is 3.97. The van der Waals surface area contributed by atoms with Crippen molar-refractivity contribution in [3.8, 4) is 0 Å². The van der Waals surface area contributed by atoms with Gasteiger partial charge in [0.2, 0.25) is 0 Å². The van der Waals surface area contributed by atoms with E-state index in [1.165, 1.54) is 18.4 Å². The Morgan fingerprint density at radius 1 is 1.12 bits per heavy atom. The van der Waals surface area contributed by atoms with E-state index < -0.39 is 0 Å². The SMILES string of the molecule is O=C1OC[C@@H]1CCCCCc1ccccc1. The van der Waals surface area contributed by atoms with Crippen LogP contribution in [0.15, 0.2) is 30.3 Å². The number of benzene rings is 1. The molecule has 0 saturated carbocycles. The van der Waals surface area contributed by atoms with Gasteiger partial charge in [-0.15, -0.1) is 0 Å². The molecule has 2 heteroatoms. The van der Waals surface area contributed by atoms with E-state index in [0.29, 0.717) is 6.61 Å². The van der Waals surface area contributed by atoms with Gasteiger partial charge in [-0.1, -0.05) is 43.2 Å². The van der Waals surface area contributed by atoms with Gasteiger partial charge >= 0.3 is 5.97 Å². The molecule has 1 heterocycles. The number of rotatable bonds is 6. The summed E-state index contributed by atoms with van der Waals surface area (Å²) in [5, 5.41) is 0. The van der Waals surface area contributed by atoms with Gasteiger partial charge in [-0.25, -0.2) is 0 Å². The lowest BCUT2D eigenvalue weighted by atomic mass is 9.98. The number of carbonyl (C=O) groups excluding carboxylic acids is 1. The molecule has 1 aromatic rings. The van der Waals surface area contributed by atoms with Crippen LogP contribution in [0.4, 0.5) is 0 Å². The molecule has 0 unspecified atom stereocenters. The minimum Gasteiger partial charge on any atom is -0.464 e. The van der Waals surface area contributed by atoms with Crippen LogP contribution in [0.2, 0.25) is 0 Å². The normalized spacial score (nSPS) is 19.0. The molecule has 0 amide bonds. The van der Waals surface area contributed by atoms with Gasteiger partial charge in [0.05, 0.1) is 5.92 Å². The molecule has 1 fully saturated rings. The Morgan fingerprint density at radius 3 is 2.56 bits per heavy atom. The van der Waals surface area contributed by atoms with Crippen molar-refractivity contribution >= 4 is 5.97 Å². The molecule has 1 aromatic carbocycles. The van der Waals surface area contributed by atoms with Gasteiger partial charge in [-0.05, 0) is 24.8 Å². The predicted octanol–water partition coefficient (Wildman–Crippen LogP) is 2.96. The average molecular weight is 218 g/mol. The maximum absolute atomic E-state index is 10.9. The van der Waals surface area contributed by atoms with E-state index in [9.17, 15) is 4.79 Å². The highest BCUT2D eigenvalue weighted by atomic mass is 16.6. The highest BCUT2D eigenvalue weighted by Crippen LogP contribution is 2.20. The Hall–Kier alpha value is -1.31. The highest BCUT2D eigenvalue weighted by molar-refractivity contribution is 5.77. The minimum absolute atomic E-state index is 0.00283. The molecule has 86 valence electrons. The largest absolute Gasteiger partial charge is 0.464 e. The van der Waals surface area contributed by atoms with Crippen LogP contribution in [-0.4, -0.2) is 12.6 Å². The molecule has 2 nitrogen and oxygen atoms in total. The lowest BCUT2D eigenvalue weighted by Gasteiger charge is -2.24. The van der Waals surface area contributed by atoms with Gasteiger partial charge in [0.25, 0.3) is 0 Å². The molecule has 0 N–H and O–H groups in total. The smallest absolute Gasteiger partial charge is 0.312 e. The third-order valence-corrected chi connectivity index (χ3v) is 3.12. The van der Waals surface area contributed by atoms with Crippen molar-refractivity contribution in [2.24, 2.45) is 5.92 Å². The molecule has 16 heavy (non-hydrogen) atoms. The molecule has 1 atom stereocenters. The van der Waals surface area contributed by atoms with E-state index >= 15 is 0 Å². The standard InChI is InChI=1S/C14H18O2/c15-14-13(11-16-14)10-6-2-5-9-12-7-3-1-4-8-12/h1,3-4,7-8,13H,2,5-6,9-11H2/t13-/m0/s1. The molecule has 1 aliphatic rings. The third kappa shape index (κ3) is 3.09. The monoisotopic (exact) mass is 218 g/mol. The van der Waals surface area contributed by atoms with Crippen LogP contribution in [0, 0.1) is 5.92 Å². The maximum atomic E-state index is 10.9. The lowest BCUT2D eigenvalue weighted by Crippen LogP contribution is -2.34. The fraction of sp³-hybridized carbons (Fsp3) is 0.500. The van der Waals surface area contributed by atoms with Crippen LogP contribution in [0.3, 0.4) is 0 Å². The fourth-order valence-corrected chi connectivity index (χ4v) is 2.01. The number of esters is 1. The summed E-state index contributed by atoms with van der Waals surface area (Å²) in [6.07, 6.45) is 5.72. The van der Waals surface area contributed by atoms with E-state index in [1.54, 1.807) is 0 Å². The zero-order valence-electron chi connectivity index (χ0n) is 9.52. The Bertz CT molecular complexity index is 332. The minimum atomic E-state index is 0.00283. The summed E-state index contributed by atoms with van der Waals surface area (Å²) in [5.74, 6) is 0.208. The second-order valence-corrected chi connectivity index (χ2v) is 4.41. The Morgan fingerprint density at radius 2 is 1.94 bits per heavy atom. The molecular weight excluding hydrogens is 200 g/mol. The summed E-state index contributed by atoms with van der Waals surface area (Å²) in [7, 11) is 0. The predicted molar refractivity (Wildman–Crippen MR) is 63.1 cm³/mol. The van der Waals surface area contributed by atoms with Gasteiger partial charge in [0.15, 0.2) is 0 Å². The fourth-order valence-electron chi connectivity index (χ4n) is 2.01. The molecule has 0 spiro atoms. The van der Waals surface area contributed by atoms with Crippen molar-refractivity contribution in [3.63, 3.8) is 0 Å². The highest BCUT2D eigenvalue weighted by Gasteiger charge is 2.29. The van der Waals surface area contributed by atoms with Crippen LogP contribution in [0.5, 0.6) is 0 Å². The molecule has 1 aliphatic heterocycles. The van der Waals surface area contributed by atoms with Gasteiger partial charge in [-0.3, -0.25) is 4.79 Å². The summed E-state index contributed by atoms with van der Waals surface area (Å²) in [6.45, 7) is 0.650. The summed E-state index contributed by atoms with van der Waals surface area (Å²) in [4.78, 5) is 10.9. The van der Waals surface area contributed by atoms with E-state index in [0.717, 1.165) is 19.3 Å². The lowest BCUT2D eigenvalue weighted by molar-refractivity contribution is -0.169. The van der Waals surface area contributed by atoms with Crippen LogP contribution < -0.4 is 0 Å². The van der Waals surface area contributed by atoms with E-state index in [2.05, 4.69) is 24.3 Å². The topological polar surface area (TPSA) is 26.3 Å². The second kappa shape index (κ2) is 5.69. The van der Waals surface area contributed by atoms with Crippen LogP contribution in [0.1, 0.15) is 31.2 Å². The number of unbranched alkanes of at least 4 members (excludes halogenated alkanes) is 2. The Labute approximate surface area is 96.6 Å². The van der Waals surface area contributed by atoms with Gasteiger partial charge in [-0.2, -0.15) is 0 Å². The van der Waals surface area contributed by atoms with Crippen LogP contribution >= 0.6 is 0 Å². The summed E-state index contributed by atoms with van der Waals surface area (Å²) in [6, 6.07) is 10.6. The number of aryl methyl sites for hydroxylation is 1. The van der Waals surface area contributed by atoms with E-state index in [1.807, 2.05) is 6.07 Å². The van der Waals surface area contributed by atoms with Crippen molar-refractivity contribution in [1.82, 2.24) is 0 Å². The van der Waals surface area contributed by atoms with Gasteiger partial charge < -0.3 is 4.74 Å². The molecule has 0 aromatic heterocycles. The number of cyclic esters (lactones) is 1. The van der Waals surface area contributed by atoms with E-state index in [-0.39, 0.29) is 11.9 Å². The van der Waals surface area contributed by atoms with Gasteiger partial charge in [0, 0.05) is 0 Å². The van der Waals surface area contributed by atoms with Crippen LogP contribution in [-0.2, 0) is 16.0 Å². The summed E-state index contributed by atoms with van der Waals surface area (Å²) in [5.41, 5.74) is 1.41. The first-order chi connectivity index (χ1) is 7.86. The number of hydrogen-bond donors (Lipinski definition) is 0. The second-order valence-electron chi connectivity index (χ2n) is 4.41. The van der Waals surface area contributed by atoms with Gasteiger partial charge in [0.1, 0.15) is 6.61 Å². The van der Waals surface area contributed by atoms with Crippen molar-refractivity contribution in [1.29, 1.82) is 0 Å². The molecule has 0 aliphatic carbocycles. The summed E-state index contributed by atoms with van der Waals surface area (Å²) >= 11 is 0. The molecule has 0 bridgehead atoms. The third-order valence-electron chi connectivity index (χ3n) is 3.12. The first-order valence-corrected chi connectivity index (χ1v) is 6.07. The zero-order chi connectivity index (χ0) is 11.2. The number of ether oxygens (including phenoxy) is 1.